The second-order valence-electron chi connectivity index (χ2n) is 5.98. The van der Waals surface area contributed by atoms with Crippen LogP contribution in [0.3, 0.4) is 0 Å². The highest BCUT2D eigenvalue weighted by molar-refractivity contribution is 5.92. The molecule has 1 aromatic rings. The zero-order chi connectivity index (χ0) is 18.1. The minimum absolute atomic E-state index is 0.0604. The van der Waals surface area contributed by atoms with E-state index in [0.29, 0.717) is 25.6 Å². The van der Waals surface area contributed by atoms with Gasteiger partial charge in [-0.2, -0.15) is 5.26 Å². The standard InChI is InChI=1S/C19H23N3O3/c1-25-17-5-3-2-4-16(17)6-7-18(23)21-14-15-9-12-22(13-10-15)19(24)8-11-20/h2-7,15H,8-10,12-14H2,1H3,(H,21,23)/b7-6+. The lowest BCUT2D eigenvalue weighted by Gasteiger charge is -2.31. The Bertz CT molecular complexity index is 671. The molecule has 0 aromatic heterocycles. The number of methoxy groups -OCH3 is 1. The molecule has 0 bridgehead atoms. The van der Waals surface area contributed by atoms with Crippen LogP contribution in [0.5, 0.6) is 5.75 Å². The molecule has 2 amide bonds. The van der Waals surface area contributed by atoms with E-state index in [1.807, 2.05) is 30.3 Å². The van der Waals surface area contributed by atoms with Gasteiger partial charge < -0.3 is 15.0 Å². The van der Waals surface area contributed by atoms with Crippen molar-refractivity contribution in [3.63, 3.8) is 0 Å². The number of likely N-dealkylation sites (tertiary alicyclic amines) is 1. The molecule has 0 aliphatic carbocycles. The lowest BCUT2D eigenvalue weighted by atomic mass is 9.96. The van der Waals surface area contributed by atoms with Crippen molar-refractivity contribution in [1.29, 1.82) is 5.26 Å². The minimum atomic E-state index is -0.145. The first kappa shape index (κ1) is 18.5. The number of rotatable bonds is 6. The highest BCUT2D eigenvalue weighted by atomic mass is 16.5. The summed E-state index contributed by atoms with van der Waals surface area (Å²) in [5.74, 6) is 0.828. The predicted molar refractivity (Wildman–Crippen MR) is 94.6 cm³/mol. The molecule has 1 fully saturated rings. The molecule has 0 saturated carbocycles. The summed E-state index contributed by atoms with van der Waals surface area (Å²) >= 11 is 0. The third-order valence-corrected chi connectivity index (χ3v) is 4.32. The molecule has 0 atom stereocenters. The number of carbonyl (C=O) groups is 2. The van der Waals surface area contributed by atoms with Crippen LogP contribution in [-0.4, -0.2) is 43.5 Å². The molecule has 1 N–H and O–H groups in total. The molecule has 0 spiro atoms. The molecule has 0 radical (unpaired) electrons. The Hall–Kier alpha value is -2.81. The van der Waals surface area contributed by atoms with E-state index in [2.05, 4.69) is 5.32 Å². The molecule has 1 aromatic carbocycles. The van der Waals surface area contributed by atoms with Gasteiger partial charge in [0.1, 0.15) is 12.2 Å². The third kappa shape index (κ3) is 5.64. The highest BCUT2D eigenvalue weighted by Gasteiger charge is 2.22. The maximum absolute atomic E-state index is 12.0. The van der Waals surface area contributed by atoms with E-state index in [4.69, 9.17) is 10.00 Å². The van der Waals surface area contributed by atoms with Crippen molar-refractivity contribution in [3.05, 3.63) is 35.9 Å². The molecule has 6 heteroatoms. The van der Waals surface area contributed by atoms with Crippen molar-refractivity contribution < 1.29 is 14.3 Å². The number of nitrogens with zero attached hydrogens (tertiary/aromatic N) is 2. The molecular weight excluding hydrogens is 318 g/mol. The van der Waals surface area contributed by atoms with Crippen molar-refractivity contribution in [2.24, 2.45) is 5.92 Å². The molecule has 1 saturated heterocycles. The van der Waals surface area contributed by atoms with Crippen LogP contribution in [0.15, 0.2) is 30.3 Å². The second kappa shape index (κ2) is 9.48. The Morgan fingerprint density at radius 2 is 2.08 bits per heavy atom. The van der Waals surface area contributed by atoms with Crippen molar-refractivity contribution in [3.8, 4) is 11.8 Å². The summed E-state index contributed by atoms with van der Waals surface area (Å²) in [6.45, 7) is 1.89. The Morgan fingerprint density at radius 1 is 1.36 bits per heavy atom. The van der Waals surface area contributed by atoms with Crippen LogP contribution in [0.2, 0.25) is 0 Å². The van der Waals surface area contributed by atoms with Crippen LogP contribution in [0.25, 0.3) is 6.08 Å². The molecular formula is C19H23N3O3. The van der Waals surface area contributed by atoms with E-state index in [-0.39, 0.29) is 18.2 Å². The molecule has 2 rings (SSSR count). The second-order valence-corrected chi connectivity index (χ2v) is 5.98. The first-order valence-corrected chi connectivity index (χ1v) is 8.37. The Kier molecular flexibility index (Phi) is 7.02. The van der Waals surface area contributed by atoms with Crippen LogP contribution < -0.4 is 10.1 Å². The van der Waals surface area contributed by atoms with Crippen LogP contribution in [0.1, 0.15) is 24.8 Å². The maximum atomic E-state index is 12.0. The first-order valence-electron chi connectivity index (χ1n) is 8.37. The molecule has 0 unspecified atom stereocenters. The van der Waals surface area contributed by atoms with Crippen molar-refractivity contribution >= 4 is 17.9 Å². The Morgan fingerprint density at radius 3 is 2.76 bits per heavy atom. The highest BCUT2D eigenvalue weighted by Crippen LogP contribution is 2.19. The number of amides is 2. The van der Waals surface area contributed by atoms with Crippen LogP contribution in [0.4, 0.5) is 0 Å². The first-order chi connectivity index (χ1) is 12.1. The zero-order valence-electron chi connectivity index (χ0n) is 14.4. The average Bonchev–Trinajstić information content (AvgIpc) is 2.65. The fraction of sp³-hybridized carbons (Fsp3) is 0.421. The van der Waals surface area contributed by atoms with Crippen LogP contribution >= 0.6 is 0 Å². The monoisotopic (exact) mass is 341 g/mol. The Labute approximate surface area is 148 Å². The fourth-order valence-electron chi connectivity index (χ4n) is 2.84. The SMILES string of the molecule is COc1ccccc1/C=C/C(=O)NCC1CCN(C(=O)CC#N)CC1. The van der Waals surface area contributed by atoms with Gasteiger partial charge in [-0.15, -0.1) is 0 Å². The molecule has 25 heavy (non-hydrogen) atoms. The number of hydrogen-bond donors (Lipinski definition) is 1. The average molecular weight is 341 g/mol. The summed E-state index contributed by atoms with van der Waals surface area (Å²) in [6.07, 6.45) is 4.86. The molecule has 6 nitrogen and oxygen atoms in total. The third-order valence-electron chi connectivity index (χ3n) is 4.32. The number of carbonyl (C=O) groups excluding carboxylic acids is 2. The summed E-state index contributed by atoms with van der Waals surface area (Å²) < 4.78 is 5.24. The lowest BCUT2D eigenvalue weighted by molar-refractivity contribution is -0.131. The normalized spacial score (nSPS) is 15.0. The van der Waals surface area contributed by atoms with E-state index < -0.39 is 0 Å². The maximum Gasteiger partial charge on any atom is 0.244 e. The van der Waals surface area contributed by atoms with Crippen molar-refractivity contribution in [2.75, 3.05) is 26.7 Å². The number of nitriles is 1. The summed E-state index contributed by atoms with van der Waals surface area (Å²) in [4.78, 5) is 25.4. The van der Waals surface area contributed by atoms with Gasteiger partial charge in [0.2, 0.25) is 11.8 Å². The van der Waals surface area contributed by atoms with Gasteiger partial charge in [-0.1, -0.05) is 18.2 Å². The van der Waals surface area contributed by atoms with E-state index >= 15 is 0 Å². The number of para-hydroxylation sites is 1. The van der Waals surface area contributed by atoms with Crippen molar-refractivity contribution in [1.82, 2.24) is 10.2 Å². The van der Waals surface area contributed by atoms with Gasteiger partial charge in [0.25, 0.3) is 0 Å². The number of benzene rings is 1. The van der Waals surface area contributed by atoms with E-state index in [0.717, 1.165) is 24.2 Å². The Balaban J connectivity index is 1.75. The van der Waals surface area contributed by atoms with Crippen molar-refractivity contribution in [2.45, 2.75) is 19.3 Å². The number of ether oxygens (including phenoxy) is 1. The number of piperidine rings is 1. The van der Waals surface area contributed by atoms with Gasteiger partial charge >= 0.3 is 0 Å². The van der Waals surface area contributed by atoms with Crippen LogP contribution in [-0.2, 0) is 9.59 Å². The minimum Gasteiger partial charge on any atom is -0.496 e. The van der Waals surface area contributed by atoms with Gasteiger partial charge in [-0.05, 0) is 30.9 Å². The van der Waals surface area contributed by atoms with E-state index in [1.165, 1.54) is 6.08 Å². The molecule has 1 heterocycles. The largest absolute Gasteiger partial charge is 0.496 e. The summed E-state index contributed by atoms with van der Waals surface area (Å²) in [7, 11) is 1.60. The zero-order valence-corrected chi connectivity index (χ0v) is 14.4. The van der Waals surface area contributed by atoms with Gasteiger partial charge in [0, 0.05) is 31.3 Å². The number of nitrogens with one attached hydrogen (secondary N) is 1. The van der Waals surface area contributed by atoms with E-state index in [9.17, 15) is 9.59 Å². The predicted octanol–water partition coefficient (Wildman–Crippen LogP) is 1.98. The summed E-state index contributed by atoms with van der Waals surface area (Å²) in [5, 5.41) is 11.5. The van der Waals surface area contributed by atoms with Gasteiger partial charge in [0.05, 0.1) is 13.2 Å². The molecule has 1 aliphatic heterocycles. The molecule has 1 aliphatic rings. The fourth-order valence-corrected chi connectivity index (χ4v) is 2.84. The van der Waals surface area contributed by atoms with Gasteiger partial charge in [0.15, 0.2) is 0 Å². The summed E-state index contributed by atoms with van der Waals surface area (Å²) in [5.41, 5.74) is 0.851. The smallest absolute Gasteiger partial charge is 0.244 e. The lowest BCUT2D eigenvalue weighted by Crippen LogP contribution is -2.41. The van der Waals surface area contributed by atoms with E-state index in [1.54, 1.807) is 18.1 Å². The quantitative estimate of drug-likeness (QED) is 0.802. The molecule has 132 valence electrons. The van der Waals surface area contributed by atoms with Gasteiger partial charge in [-0.3, -0.25) is 9.59 Å². The summed E-state index contributed by atoms with van der Waals surface area (Å²) in [6, 6.07) is 9.39. The van der Waals surface area contributed by atoms with Gasteiger partial charge in [-0.25, -0.2) is 0 Å². The topological polar surface area (TPSA) is 82.4 Å². The van der Waals surface area contributed by atoms with Crippen LogP contribution in [0, 0.1) is 17.2 Å². The number of hydrogen-bond acceptors (Lipinski definition) is 4.